The third-order valence-electron chi connectivity index (χ3n) is 3.10. The molecule has 2 aromatic heterocycles. The normalized spacial score (nSPS) is 14.4. The fourth-order valence-corrected chi connectivity index (χ4v) is 2.80. The molecule has 0 bridgehead atoms. The number of anilines is 1. The largest absolute Gasteiger partial charge is 0.281 e. The van der Waals surface area contributed by atoms with Crippen molar-refractivity contribution in [2.45, 2.75) is 32.7 Å². The number of nitrogens with zero attached hydrogens (tertiary/aromatic N) is 3. The Bertz CT molecular complexity index is 601. The van der Waals surface area contributed by atoms with Gasteiger partial charge < -0.3 is 0 Å². The molecule has 0 N–H and O–H groups in total. The smallest absolute Gasteiger partial charge is 0.261 e. The first-order chi connectivity index (χ1) is 9.15. The van der Waals surface area contributed by atoms with Crippen molar-refractivity contribution in [3.8, 4) is 0 Å². The molecule has 3 rings (SSSR count). The van der Waals surface area contributed by atoms with Gasteiger partial charge in [-0.1, -0.05) is 0 Å². The number of carbonyl (C=O) groups is 1. The molecular weight excluding hydrogens is 258 g/mol. The van der Waals surface area contributed by atoms with Crippen LogP contribution in [0.3, 0.4) is 0 Å². The quantitative estimate of drug-likeness (QED) is 0.863. The van der Waals surface area contributed by atoms with E-state index in [9.17, 15) is 4.79 Å². The molecular formula is C14H15N3OS. The fraction of sp³-hybridized carbons (Fsp3) is 0.357. The summed E-state index contributed by atoms with van der Waals surface area (Å²) >= 11 is 1.53. The van der Waals surface area contributed by atoms with Crippen molar-refractivity contribution in [1.82, 2.24) is 9.97 Å². The highest BCUT2D eigenvalue weighted by Gasteiger charge is 2.35. The summed E-state index contributed by atoms with van der Waals surface area (Å²) in [4.78, 5) is 23.1. The molecule has 0 radical (unpaired) electrons. The fourth-order valence-electron chi connectivity index (χ4n) is 1.93. The number of aryl methyl sites for hydroxylation is 2. The summed E-state index contributed by atoms with van der Waals surface area (Å²) in [7, 11) is 0. The van der Waals surface area contributed by atoms with Crippen LogP contribution in [0.2, 0.25) is 0 Å². The van der Waals surface area contributed by atoms with Gasteiger partial charge in [-0.05, 0) is 38.8 Å². The summed E-state index contributed by atoms with van der Waals surface area (Å²) in [5, 5.41) is 2.77. The van der Waals surface area contributed by atoms with Gasteiger partial charge in [0.2, 0.25) is 0 Å². The average molecular weight is 273 g/mol. The van der Waals surface area contributed by atoms with Crippen LogP contribution in [0, 0.1) is 13.8 Å². The summed E-state index contributed by atoms with van der Waals surface area (Å²) in [6, 6.07) is 4.01. The van der Waals surface area contributed by atoms with Gasteiger partial charge in [-0.25, -0.2) is 4.98 Å². The second-order valence-corrected chi connectivity index (χ2v) is 5.70. The number of hydrogen-bond acceptors (Lipinski definition) is 4. The van der Waals surface area contributed by atoms with Gasteiger partial charge in [-0.3, -0.25) is 14.7 Å². The standard InChI is InChI=1S/C14H15N3OS/c1-9-3-4-11(7-15-9)13(18)17(12-5-6-12)14-16-10(2)8-19-14/h3-4,7-8,12H,5-6H2,1-2H3. The van der Waals surface area contributed by atoms with Crippen LogP contribution >= 0.6 is 11.3 Å². The first kappa shape index (κ1) is 12.3. The van der Waals surface area contributed by atoms with E-state index in [0.717, 1.165) is 29.4 Å². The van der Waals surface area contributed by atoms with E-state index in [-0.39, 0.29) is 5.91 Å². The highest BCUT2D eigenvalue weighted by atomic mass is 32.1. The number of pyridine rings is 1. The highest BCUT2D eigenvalue weighted by molar-refractivity contribution is 7.14. The van der Waals surface area contributed by atoms with Gasteiger partial charge in [0.25, 0.3) is 5.91 Å². The number of amides is 1. The first-order valence-electron chi connectivity index (χ1n) is 6.33. The van der Waals surface area contributed by atoms with Crippen LogP contribution in [0.1, 0.15) is 34.6 Å². The summed E-state index contributed by atoms with van der Waals surface area (Å²) < 4.78 is 0. The Labute approximate surface area is 116 Å². The van der Waals surface area contributed by atoms with Crippen LogP contribution < -0.4 is 4.90 Å². The zero-order valence-corrected chi connectivity index (χ0v) is 11.8. The number of carbonyl (C=O) groups excluding carboxylic acids is 1. The molecule has 98 valence electrons. The number of aromatic nitrogens is 2. The SMILES string of the molecule is Cc1ccc(C(=O)N(c2nc(C)cs2)C2CC2)cn1. The molecule has 0 spiro atoms. The maximum absolute atomic E-state index is 12.6. The predicted octanol–water partition coefficient (Wildman–Crippen LogP) is 2.96. The minimum atomic E-state index is 0.00403. The van der Waals surface area contributed by atoms with Crippen LogP contribution in [0.4, 0.5) is 5.13 Å². The second kappa shape index (κ2) is 4.74. The Morgan fingerprint density at radius 3 is 2.63 bits per heavy atom. The molecule has 1 fully saturated rings. The summed E-state index contributed by atoms with van der Waals surface area (Å²) in [5.74, 6) is 0.00403. The van der Waals surface area contributed by atoms with E-state index in [4.69, 9.17) is 0 Å². The van der Waals surface area contributed by atoms with Crippen molar-refractivity contribution < 1.29 is 4.79 Å². The number of rotatable bonds is 3. The van der Waals surface area contributed by atoms with Crippen molar-refractivity contribution >= 4 is 22.4 Å². The molecule has 0 unspecified atom stereocenters. The van der Waals surface area contributed by atoms with E-state index in [0.29, 0.717) is 11.6 Å². The molecule has 2 aromatic rings. The molecule has 0 saturated heterocycles. The first-order valence-corrected chi connectivity index (χ1v) is 7.21. The van der Waals surface area contributed by atoms with Crippen molar-refractivity contribution in [1.29, 1.82) is 0 Å². The van der Waals surface area contributed by atoms with Gasteiger partial charge in [0, 0.05) is 23.3 Å². The van der Waals surface area contributed by atoms with E-state index in [1.54, 1.807) is 6.20 Å². The summed E-state index contributed by atoms with van der Waals surface area (Å²) in [6.45, 7) is 3.86. The molecule has 0 aromatic carbocycles. The van der Waals surface area contributed by atoms with Crippen molar-refractivity contribution in [2.75, 3.05) is 4.90 Å². The molecule has 1 aliphatic rings. The molecule has 2 heterocycles. The van der Waals surface area contributed by atoms with E-state index >= 15 is 0 Å². The maximum atomic E-state index is 12.6. The molecule has 4 nitrogen and oxygen atoms in total. The zero-order chi connectivity index (χ0) is 13.4. The van der Waals surface area contributed by atoms with Gasteiger partial charge in [-0.15, -0.1) is 11.3 Å². The Kier molecular flexibility index (Phi) is 3.06. The number of thiazole rings is 1. The van der Waals surface area contributed by atoms with Crippen LogP contribution in [-0.4, -0.2) is 21.9 Å². The molecule has 1 amide bonds. The molecule has 0 aliphatic heterocycles. The summed E-state index contributed by atoms with van der Waals surface area (Å²) in [5.41, 5.74) is 2.51. The van der Waals surface area contributed by atoms with E-state index in [1.165, 1.54) is 11.3 Å². The minimum Gasteiger partial charge on any atom is -0.281 e. The van der Waals surface area contributed by atoms with Crippen molar-refractivity contribution in [3.05, 3.63) is 40.7 Å². The molecule has 5 heteroatoms. The van der Waals surface area contributed by atoms with Gasteiger partial charge in [0.1, 0.15) is 0 Å². The lowest BCUT2D eigenvalue weighted by Crippen LogP contribution is -2.33. The van der Waals surface area contributed by atoms with Crippen LogP contribution in [0.25, 0.3) is 0 Å². The van der Waals surface area contributed by atoms with Crippen molar-refractivity contribution in [3.63, 3.8) is 0 Å². The lowest BCUT2D eigenvalue weighted by atomic mass is 10.2. The Morgan fingerprint density at radius 2 is 2.11 bits per heavy atom. The van der Waals surface area contributed by atoms with Gasteiger partial charge in [0.15, 0.2) is 5.13 Å². The lowest BCUT2D eigenvalue weighted by molar-refractivity contribution is 0.0985. The Balaban J connectivity index is 1.92. The minimum absolute atomic E-state index is 0.00403. The van der Waals surface area contributed by atoms with Crippen LogP contribution in [-0.2, 0) is 0 Å². The highest BCUT2D eigenvalue weighted by Crippen LogP contribution is 2.34. The molecule has 19 heavy (non-hydrogen) atoms. The van der Waals surface area contributed by atoms with E-state index < -0.39 is 0 Å². The summed E-state index contributed by atoms with van der Waals surface area (Å²) in [6.07, 6.45) is 3.76. The zero-order valence-electron chi connectivity index (χ0n) is 11.0. The molecule has 1 saturated carbocycles. The van der Waals surface area contributed by atoms with Gasteiger partial charge >= 0.3 is 0 Å². The lowest BCUT2D eigenvalue weighted by Gasteiger charge is -2.19. The number of hydrogen-bond donors (Lipinski definition) is 0. The van der Waals surface area contributed by atoms with Crippen LogP contribution in [0.15, 0.2) is 23.7 Å². The molecule has 0 atom stereocenters. The predicted molar refractivity (Wildman–Crippen MR) is 75.7 cm³/mol. The maximum Gasteiger partial charge on any atom is 0.261 e. The monoisotopic (exact) mass is 273 g/mol. The Hall–Kier alpha value is -1.75. The topological polar surface area (TPSA) is 46.1 Å². The third-order valence-corrected chi connectivity index (χ3v) is 4.06. The Morgan fingerprint density at radius 1 is 1.32 bits per heavy atom. The molecule has 1 aliphatic carbocycles. The van der Waals surface area contributed by atoms with E-state index in [1.807, 2.05) is 36.3 Å². The third kappa shape index (κ3) is 2.51. The van der Waals surface area contributed by atoms with Gasteiger partial charge in [-0.2, -0.15) is 0 Å². The van der Waals surface area contributed by atoms with Gasteiger partial charge in [0.05, 0.1) is 11.3 Å². The van der Waals surface area contributed by atoms with Crippen LogP contribution in [0.5, 0.6) is 0 Å². The van der Waals surface area contributed by atoms with E-state index in [2.05, 4.69) is 9.97 Å². The average Bonchev–Trinajstić information content (AvgIpc) is 3.13. The van der Waals surface area contributed by atoms with Crippen molar-refractivity contribution in [2.24, 2.45) is 0 Å². The second-order valence-electron chi connectivity index (χ2n) is 4.87.